The van der Waals surface area contributed by atoms with Crippen molar-refractivity contribution < 1.29 is 14.0 Å². The Morgan fingerprint density at radius 2 is 2.50 bits per heavy atom. The lowest BCUT2D eigenvalue weighted by Gasteiger charge is -2.20. The number of rotatable bonds is 5. The lowest BCUT2D eigenvalue weighted by atomic mass is 10.3. The van der Waals surface area contributed by atoms with Crippen LogP contribution in [0.25, 0.3) is 0 Å². The van der Waals surface area contributed by atoms with E-state index < -0.39 is 0 Å². The molecule has 0 saturated carbocycles. The average molecular weight is 227 g/mol. The van der Waals surface area contributed by atoms with Gasteiger partial charge in [0.25, 0.3) is 0 Å². The van der Waals surface area contributed by atoms with E-state index in [9.17, 15) is 0 Å². The molecule has 1 saturated heterocycles. The maximum atomic E-state index is 5.33. The molecule has 16 heavy (non-hydrogen) atoms. The van der Waals surface area contributed by atoms with E-state index in [1.54, 1.807) is 0 Å². The van der Waals surface area contributed by atoms with Gasteiger partial charge < -0.3 is 19.3 Å². The first-order valence-corrected chi connectivity index (χ1v) is 5.61. The molecule has 1 aliphatic heterocycles. The summed E-state index contributed by atoms with van der Waals surface area (Å²) in [7, 11) is 0. The molecule has 1 N–H and O–H groups in total. The third kappa shape index (κ3) is 3.01. The SMILES string of the molecule is CCOCCc1noc(C2COCCN2)n1. The Hall–Kier alpha value is -0.980. The van der Waals surface area contributed by atoms with Gasteiger partial charge in [0.05, 0.1) is 19.8 Å². The Kier molecular flexibility index (Phi) is 4.26. The molecule has 0 amide bonds. The summed E-state index contributed by atoms with van der Waals surface area (Å²) in [6, 6.07) is 0.0297. The minimum Gasteiger partial charge on any atom is -0.381 e. The van der Waals surface area contributed by atoms with Gasteiger partial charge in [-0.15, -0.1) is 0 Å². The van der Waals surface area contributed by atoms with Gasteiger partial charge in [0, 0.05) is 19.6 Å². The highest BCUT2D eigenvalue weighted by atomic mass is 16.5. The fraction of sp³-hybridized carbons (Fsp3) is 0.800. The molecule has 2 rings (SSSR count). The molecule has 1 aromatic rings. The van der Waals surface area contributed by atoms with E-state index in [4.69, 9.17) is 14.0 Å². The summed E-state index contributed by atoms with van der Waals surface area (Å²) in [6.45, 7) is 5.45. The van der Waals surface area contributed by atoms with Gasteiger partial charge in [-0.25, -0.2) is 0 Å². The molecule has 0 bridgehead atoms. The Balaban J connectivity index is 1.85. The molecular weight excluding hydrogens is 210 g/mol. The molecule has 0 spiro atoms. The zero-order chi connectivity index (χ0) is 11.2. The lowest BCUT2D eigenvalue weighted by molar-refractivity contribution is 0.0659. The van der Waals surface area contributed by atoms with Gasteiger partial charge in [-0.2, -0.15) is 4.98 Å². The van der Waals surface area contributed by atoms with Crippen molar-refractivity contribution in [1.82, 2.24) is 15.5 Å². The number of nitrogens with one attached hydrogen (secondary N) is 1. The first-order chi connectivity index (χ1) is 7.90. The van der Waals surface area contributed by atoms with Gasteiger partial charge >= 0.3 is 0 Å². The fourth-order valence-corrected chi connectivity index (χ4v) is 1.54. The van der Waals surface area contributed by atoms with Crippen molar-refractivity contribution in [2.45, 2.75) is 19.4 Å². The van der Waals surface area contributed by atoms with Gasteiger partial charge in [-0.05, 0) is 6.92 Å². The lowest BCUT2D eigenvalue weighted by Crippen LogP contribution is -2.34. The van der Waals surface area contributed by atoms with E-state index in [0.29, 0.717) is 38.0 Å². The topological polar surface area (TPSA) is 69.4 Å². The van der Waals surface area contributed by atoms with Crippen molar-refractivity contribution in [3.8, 4) is 0 Å². The second-order valence-corrected chi connectivity index (χ2v) is 3.58. The maximum absolute atomic E-state index is 5.33. The van der Waals surface area contributed by atoms with E-state index in [0.717, 1.165) is 13.2 Å². The number of nitrogens with zero attached hydrogens (tertiary/aromatic N) is 2. The third-order valence-corrected chi connectivity index (χ3v) is 2.38. The molecule has 6 nitrogen and oxygen atoms in total. The predicted octanol–water partition coefficient (Wildman–Crippen LogP) is 0.309. The molecule has 0 aromatic carbocycles. The first-order valence-electron chi connectivity index (χ1n) is 5.61. The van der Waals surface area contributed by atoms with E-state index in [1.807, 2.05) is 6.92 Å². The summed E-state index contributed by atoms with van der Waals surface area (Å²) in [6.07, 6.45) is 0.685. The normalized spacial score (nSPS) is 21.2. The summed E-state index contributed by atoms with van der Waals surface area (Å²) in [5, 5.41) is 7.17. The number of morpholine rings is 1. The van der Waals surface area contributed by atoms with Crippen LogP contribution >= 0.6 is 0 Å². The maximum Gasteiger partial charge on any atom is 0.246 e. The van der Waals surface area contributed by atoms with Crippen LogP contribution in [0.2, 0.25) is 0 Å². The molecule has 1 unspecified atom stereocenters. The van der Waals surface area contributed by atoms with Crippen LogP contribution in [-0.2, 0) is 15.9 Å². The Morgan fingerprint density at radius 1 is 1.56 bits per heavy atom. The highest BCUT2D eigenvalue weighted by Gasteiger charge is 2.21. The molecule has 1 fully saturated rings. The highest BCUT2D eigenvalue weighted by molar-refractivity contribution is 4.94. The van der Waals surface area contributed by atoms with Gasteiger partial charge in [0.15, 0.2) is 5.82 Å². The molecule has 2 heterocycles. The summed E-state index contributed by atoms with van der Waals surface area (Å²) in [5.41, 5.74) is 0. The number of hydrogen-bond donors (Lipinski definition) is 1. The van der Waals surface area contributed by atoms with Crippen molar-refractivity contribution in [1.29, 1.82) is 0 Å². The van der Waals surface area contributed by atoms with E-state index in [1.165, 1.54) is 0 Å². The Labute approximate surface area is 94.3 Å². The highest BCUT2D eigenvalue weighted by Crippen LogP contribution is 2.13. The molecule has 90 valence electrons. The summed E-state index contributed by atoms with van der Waals surface area (Å²) >= 11 is 0. The number of hydrogen-bond acceptors (Lipinski definition) is 6. The largest absolute Gasteiger partial charge is 0.381 e. The van der Waals surface area contributed by atoms with Crippen LogP contribution in [0.5, 0.6) is 0 Å². The smallest absolute Gasteiger partial charge is 0.246 e. The van der Waals surface area contributed by atoms with Crippen LogP contribution in [0.4, 0.5) is 0 Å². The van der Waals surface area contributed by atoms with Crippen LogP contribution < -0.4 is 5.32 Å². The van der Waals surface area contributed by atoms with Crippen LogP contribution in [0.15, 0.2) is 4.52 Å². The zero-order valence-corrected chi connectivity index (χ0v) is 9.44. The molecule has 6 heteroatoms. The molecule has 0 aliphatic carbocycles. The van der Waals surface area contributed by atoms with E-state index in [2.05, 4.69) is 15.5 Å². The molecule has 1 atom stereocenters. The van der Waals surface area contributed by atoms with Gasteiger partial charge in [-0.3, -0.25) is 0 Å². The summed E-state index contributed by atoms with van der Waals surface area (Å²) in [4.78, 5) is 4.31. The second kappa shape index (κ2) is 5.93. The van der Waals surface area contributed by atoms with Crippen LogP contribution in [-0.4, -0.2) is 43.1 Å². The Bertz CT molecular complexity index is 310. The summed E-state index contributed by atoms with van der Waals surface area (Å²) < 4.78 is 15.7. The summed E-state index contributed by atoms with van der Waals surface area (Å²) in [5.74, 6) is 1.29. The fourth-order valence-electron chi connectivity index (χ4n) is 1.54. The quantitative estimate of drug-likeness (QED) is 0.730. The molecular formula is C10H17N3O3. The minimum absolute atomic E-state index is 0.0297. The van der Waals surface area contributed by atoms with Crippen LogP contribution in [0.1, 0.15) is 24.7 Å². The van der Waals surface area contributed by atoms with Gasteiger partial charge in [0.1, 0.15) is 6.04 Å². The molecule has 1 aromatic heterocycles. The van der Waals surface area contributed by atoms with Gasteiger partial charge in [0.2, 0.25) is 5.89 Å². The average Bonchev–Trinajstić information content (AvgIpc) is 2.79. The Morgan fingerprint density at radius 3 is 3.25 bits per heavy atom. The first kappa shape index (κ1) is 11.5. The monoisotopic (exact) mass is 227 g/mol. The number of aromatic nitrogens is 2. The van der Waals surface area contributed by atoms with Crippen LogP contribution in [0, 0.1) is 0 Å². The predicted molar refractivity (Wildman–Crippen MR) is 56.1 cm³/mol. The second-order valence-electron chi connectivity index (χ2n) is 3.58. The van der Waals surface area contributed by atoms with Gasteiger partial charge in [-0.1, -0.05) is 5.16 Å². The van der Waals surface area contributed by atoms with E-state index >= 15 is 0 Å². The van der Waals surface area contributed by atoms with Crippen LogP contribution in [0.3, 0.4) is 0 Å². The standard InChI is InChI=1S/C10H17N3O3/c1-2-14-5-3-9-12-10(16-13-9)8-7-15-6-4-11-8/h8,11H,2-7H2,1H3. The van der Waals surface area contributed by atoms with Crippen molar-refractivity contribution in [2.75, 3.05) is 33.0 Å². The zero-order valence-electron chi connectivity index (χ0n) is 9.44. The molecule has 0 radical (unpaired) electrons. The van der Waals surface area contributed by atoms with E-state index in [-0.39, 0.29) is 6.04 Å². The van der Waals surface area contributed by atoms with Crippen molar-refractivity contribution in [3.63, 3.8) is 0 Å². The minimum atomic E-state index is 0.0297. The van der Waals surface area contributed by atoms with Crippen molar-refractivity contribution >= 4 is 0 Å². The van der Waals surface area contributed by atoms with Crippen molar-refractivity contribution in [3.05, 3.63) is 11.7 Å². The van der Waals surface area contributed by atoms with Crippen molar-refractivity contribution in [2.24, 2.45) is 0 Å². The molecule has 1 aliphatic rings. The third-order valence-electron chi connectivity index (χ3n) is 2.38. The number of ether oxygens (including phenoxy) is 2.